The number of nitro benzene ring substituents is 1. The second-order valence-electron chi connectivity index (χ2n) is 6.06. The lowest BCUT2D eigenvalue weighted by molar-refractivity contribution is -0.384. The quantitative estimate of drug-likeness (QED) is 0.632. The number of halogens is 2. The fourth-order valence-electron chi connectivity index (χ4n) is 2.98. The van der Waals surface area contributed by atoms with Crippen molar-refractivity contribution in [1.82, 2.24) is 20.0 Å². The Labute approximate surface area is 159 Å². The van der Waals surface area contributed by atoms with Gasteiger partial charge in [0.05, 0.1) is 15.0 Å². The number of carbonyl (C=O) groups is 1. The van der Waals surface area contributed by atoms with Gasteiger partial charge in [-0.2, -0.15) is 5.10 Å². The molecule has 0 atom stereocenters. The number of amides is 1. The van der Waals surface area contributed by atoms with Gasteiger partial charge in [-0.05, 0) is 32.0 Å². The Morgan fingerprint density at radius 3 is 2.54 bits per heavy atom. The normalized spacial score (nSPS) is 15.0. The van der Waals surface area contributed by atoms with Gasteiger partial charge in [-0.15, -0.1) is 0 Å². The molecule has 2 heterocycles. The van der Waals surface area contributed by atoms with Gasteiger partial charge in [0, 0.05) is 31.4 Å². The Balaban J connectivity index is 1.86. The molecule has 1 aliphatic heterocycles. The lowest BCUT2D eigenvalue weighted by Gasteiger charge is -2.31. The summed E-state index contributed by atoms with van der Waals surface area (Å²) in [5, 5.41) is 18.6. The summed E-state index contributed by atoms with van der Waals surface area (Å²) in [5.74, 6) is -0.190. The third-order valence-corrected chi connectivity index (χ3v) is 5.00. The standard InChI is InChI=1S/C16H17Cl2N5O3/c1-21(10-2-5-19-6-3-10)16(24)14-4-7-22(20-14)15-12(17)8-11(23(25)26)9-13(15)18/h4,7-10,19H,2-3,5-6H2,1H3. The predicted molar refractivity (Wildman–Crippen MR) is 98.2 cm³/mol. The van der Waals surface area contributed by atoms with Crippen molar-refractivity contribution in [2.45, 2.75) is 18.9 Å². The molecule has 0 saturated carbocycles. The van der Waals surface area contributed by atoms with E-state index < -0.39 is 4.92 Å². The Kier molecular flexibility index (Phi) is 5.45. The van der Waals surface area contributed by atoms with Gasteiger partial charge in [-0.25, -0.2) is 4.68 Å². The minimum absolute atomic E-state index is 0.0815. The molecule has 0 aliphatic carbocycles. The SMILES string of the molecule is CN(C(=O)c1ccn(-c2c(Cl)cc([N+](=O)[O-])cc2Cl)n1)C1CCNCC1. The van der Waals surface area contributed by atoms with E-state index in [2.05, 4.69) is 10.4 Å². The summed E-state index contributed by atoms with van der Waals surface area (Å²) in [4.78, 5) is 24.7. The Bertz CT molecular complexity index is 825. The van der Waals surface area contributed by atoms with Crippen LogP contribution in [0.3, 0.4) is 0 Å². The second kappa shape index (κ2) is 7.61. The number of non-ortho nitro benzene ring substituents is 1. The van der Waals surface area contributed by atoms with Crippen molar-refractivity contribution in [3.8, 4) is 5.69 Å². The van der Waals surface area contributed by atoms with E-state index in [9.17, 15) is 14.9 Å². The molecule has 3 rings (SSSR count). The lowest BCUT2D eigenvalue weighted by Crippen LogP contribution is -2.44. The van der Waals surface area contributed by atoms with E-state index in [-0.39, 0.29) is 33.4 Å². The number of carbonyl (C=O) groups excluding carboxylic acids is 1. The Morgan fingerprint density at radius 2 is 1.96 bits per heavy atom. The van der Waals surface area contributed by atoms with Crippen molar-refractivity contribution in [2.24, 2.45) is 0 Å². The van der Waals surface area contributed by atoms with E-state index in [0.717, 1.165) is 25.9 Å². The highest BCUT2D eigenvalue weighted by Gasteiger charge is 2.25. The zero-order valence-corrected chi connectivity index (χ0v) is 15.5. The molecule has 10 heteroatoms. The molecule has 0 unspecified atom stereocenters. The number of benzene rings is 1. The highest BCUT2D eigenvalue weighted by atomic mass is 35.5. The van der Waals surface area contributed by atoms with Crippen molar-refractivity contribution >= 4 is 34.8 Å². The molecule has 1 aromatic heterocycles. The number of aromatic nitrogens is 2. The third kappa shape index (κ3) is 3.67. The van der Waals surface area contributed by atoms with Crippen LogP contribution in [0, 0.1) is 10.1 Å². The molecule has 1 aromatic carbocycles. The lowest BCUT2D eigenvalue weighted by atomic mass is 10.1. The van der Waals surface area contributed by atoms with E-state index in [4.69, 9.17) is 23.2 Å². The minimum Gasteiger partial charge on any atom is -0.337 e. The first kappa shape index (κ1) is 18.6. The monoisotopic (exact) mass is 397 g/mol. The van der Waals surface area contributed by atoms with Gasteiger partial charge in [-0.3, -0.25) is 14.9 Å². The topological polar surface area (TPSA) is 93.3 Å². The van der Waals surface area contributed by atoms with Crippen molar-refractivity contribution in [3.05, 3.63) is 50.2 Å². The van der Waals surface area contributed by atoms with Crippen LogP contribution in [0.5, 0.6) is 0 Å². The molecule has 138 valence electrons. The number of nitrogens with one attached hydrogen (secondary N) is 1. The maximum absolute atomic E-state index is 12.7. The number of nitro groups is 1. The van der Waals surface area contributed by atoms with Crippen LogP contribution in [-0.4, -0.2) is 51.7 Å². The molecule has 0 radical (unpaired) electrons. The highest BCUT2D eigenvalue weighted by molar-refractivity contribution is 6.38. The fourth-order valence-corrected chi connectivity index (χ4v) is 3.63. The molecular weight excluding hydrogens is 381 g/mol. The number of nitrogens with zero attached hydrogens (tertiary/aromatic N) is 4. The summed E-state index contributed by atoms with van der Waals surface area (Å²) in [6.07, 6.45) is 3.34. The summed E-state index contributed by atoms with van der Waals surface area (Å²) < 4.78 is 1.36. The van der Waals surface area contributed by atoms with Gasteiger partial charge in [0.15, 0.2) is 5.69 Å². The van der Waals surface area contributed by atoms with Crippen LogP contribution in [0.1, 0.15) is 23.3 Å². The number of hydrogen-bond acceptors (Lipinski definition) is 5. The predicted octanol–water partition coefficient (Wildman–Crippen LogP) is 2.91. The van der Waals surface area contributed by atoms with Gasteiger partial charge < -0.3 is 10.2 Å². The van der Waals surface area contributed by atoms with Crippen LogP contribution in [0.4, 0.5) is 5.69 Å². The van der Waals surface area contributed by atoms with E-state index in [1.54, 1.807) is 24.2 Å². The molecule has 1 N–H and O–H groups in total. The van der Waals surface area contributed by atoms with Gasteiger partial charge in [-0.1, -0.05) is 23.2 Å². The highest BCUT2D eigenvalue weighted by Crippen LogP contribution is 2.33. The van der Waals surface area contributed by atoms with E-state index >= 15 is 0 Å². The molecule has 8 nitrogen and oxygen atoms in total. The summed E-state index contributed by atoms with van der Waals surface area (Å²) in [7, 11) is 1.77. The number of hydrogen-bond donors (Lipinski definition) is 1. The molecular formula is C16H17Cl2N5O3. The largest absolute Gasteiger partial charge is 0.337 e. The first-order valence-corrected chi connectivity index (χ1v) is 8.81. The maximum atomic E-state index is 12.7. The first-order chi connectivity index (χ1) is 12.4. The third-order valence-electron chi connectivity index (χ3n) is 4.43. The summed E-state index contributed by atoms with van der Waals surface area (Å²) in [5.41, 5.74) is 0.344. The van der Waals surface area contributed by atoms with Crippen LogP contribution in [0.25, 0.3) is 5.69 Å². The van der Waals surface area contributed by atoms with Crippen LogP contribution in [-0.2, 0) is 0 Å². The molecule has 0 bridgehead atoms. The van der Waals surface area contributed by atoms with Crippen LogP contribution < -0.4 is 5.32 Å². The summed E-state index contributed by atoms with van der Waals surface area (Å²) in [6.45, 7) is 1.76. The van der Waals surface area contributed by atoms with Crippen LogP contribution in [0.2, 0.25) is 10.0 Å². The molecule has 2 aromatic rings. The molecule has 0 spiro atoms. The van der Waals surface area contributed by atoms with E-state index in [0.29, 0.717) is 5.69 Å². The molecule has 26 heavy (non-hydrogen) atoms. The molecule has 1 fully saturated rings. The second-order valence-corrected chi connectivity index (χ2v) is 6.87. The van der Waals surface area contributed by atoms with Gasteiger partial charge in [0.1, 0.15) is 5.69 Å². The first-order valence-electron chi connectivity index (χ1n) is 8.06. The zero-order chi connectivity index (χ0) is 18.8. The van der Waals surface area contributed by atoms with E-state index in [1.165, 1.54) is 16.8 Å². The van der Waals surface area contributed by atoms with Crippen LogP contribution in [0.15, 0.2) is 24.4 Å². The molecule has 1 saturated heterocycles. The Hall–Kier alpha value is -2.16. The molecule has 1 amide bonds. The van der Waals surface area contributed by atoms with Crippen molar-refractivity contribution in [1.29, 1.82) is 0 Å². The van der Waals surface area contributed by atoms with Crippen molar-refractivity contribution in [2.75, 3.05) is 20.1 Å². The molecule has 1 aliphatic rings. The van der Waals surface area contributed by atoms with Crippen LogP contribution >= 0.6 is 23.2 Å². The fraction of sp³-hybridized carbons (Fsp3) is 0.375. The van der Waals surface area contributed by atoms with E-state index in [1.807, 2.05) is 0 Å². The van der Waals surface area contributed by atoms with Gasteiger partial charge in [0.2, 0.25) is 0 Å². The van der Waals surface area contributed by atoms with Gasteiger partial charge in [0.25, 0.3) is 11.6 Å². The van der Waals surface area contributed by atoms with Crippen molar-refractivity contribution < 1.29 is 9.72 Å². The Morgan fingerprint density at radius 1 is 1.35 bits per heavy atom. The summed E-state index contributed by atoms with van der Waals surface area (Å²) in [6, 6.07) is 4.15. The van der Waals surface area contributed by atoms with Crippen molar-refractivity contribution in [3.63, 3.8) is 0 Å². The summed E-state index contributed by atoms with van der Waals surface area (Å²) >= 11 is 12.3. The van der Waals surface area contributed by atoms with Gasteiger partial charge >= 0.3 is 0 Å². The maximum Gasteiger partial charge on any atom is 0.274 e. The smallest absolute Gasteiger partial charge is 0.274 e. The average Bonchev–Trinajstić information content (AvgIpc) is 3.10. The number of piperidine rings is 1. The minimum atomic E-state index is -0.576. The number of rotatable bonds is 4. The average molecular weight is 398 g/mol. The zero-order valence-electron chi connectivity index (χ0n) is 14.0.